The Bertz CT molecular complexity index is 495. The molecule has 2 rings (SSSR count). The predicted molar refractivity (Wildman–Crippen MR) is 99.6 cm³/mol. The summed E-state index contributed by atoms with van der Waals surface area (Å²) in [5.74, 6) is 2.30. The Morgan fingerprint density at radius 1 is 0.923 bits per heavy atom. The van der Waals surface area contributed by atoms with Crippen LogP contribution in [0, 0.1) is 29.6 Å². The minimum Gasteiger partial charge on any atom is -0.460 e. The highest BCUT2D eigenvalue weighted by molar-refractivity contribution is 5.71. The van der Waals surface area contributed by atoms with Crippen LogP contribution in [0.3, 0.4) is 0 Å². The fourth-order valence-corrected chi connectivity index (χ4v) is 4.65. The Morgan fingerprint density at radius 2 is 1.50 bits per heavy atom. The van der Waals surface area contributed by atoms with E-state index in [0.717, 1.165) is 12.8 Å². The molecule has 0 amide bonds. The van der Waals surface area contributed by atoms with Crippen molar-refractivity contribution in [2.45, 2.75) is 92.0 Å². The molecule has 2 aliphatic carbocycles. The Labute approximate surface area is 158 Å². The fourth-order valence-electron chi connectivity index (χ4n) is 4.65. The third kappa shape index (κ3) is 5.37. The summed E-state index contributed by atoms with van der Waals surface area (Å²) in [4.78, 5) is 24.6. The average Bonchev–Trinajstić information content (AvgIpc) is 2.95. The van der Waals surface area contributed by atoms with Gasteiger partial charge in [0.05, 0.1) is 6.42 Å². The van der Waals surface area contributed by atoms with E-state index in [4.69, 9.17) is 14.2 Å². The minimum absolute atomic E-state index is 0.0888. The molecule has 0 aromatic carbocycles. The summed E-state index contributed by atoms with van der Waals surface area (Å²) < 4.78 is 16.5. The molecule has 5 nitrogen and oxygen atoms in total. The fraction of sp³-hybridized carbons (Fsp3) is 0.905. The van der Waals surface area contributed by atoms with Gasteiger partial charge in [-0.15, -0.1) is 0 Å². The van der Waals surface area contributed by atoms with Gasteiger partial charge in [-0.05, 0) is 78.1 Å². The molecule has 26 heavy (non-hydrogen) atoms. The Morgan fingerprint density at radius 3 is 1.96 bits per heavy atom. The number of hydrogen-bond donors (Lipinski definition) is 0. The van der Waals surface area contributed by atoms with Crippen molar-refractivity contribution in [3.8, 4) is 0 Å². The lowest BCUT2D eigenvalue weighted by molar-refractivity contribution is -0.159. The molecule has 0 aromatic heterocycles. The normalized spacial score (nSPS) is 32.2. The van der Waals surface area contributed by atoms with Gasteiger partial charge in [0.2, 0.25) is 0 Å². The van der Waals surface area contributed by atoms with Crippen molar-refractivity contribution >= 4 is 12.1 Å². The van der Waals surface area contributed by atoms with Crippen molar-refractivity contribution in [3.05, 3.63) is 0 Å². The third-order valence-corrected chi connectivity index (χ3v) is 5.85. The van der Waals surface area contributed by atoms with Crippen LogP contribution in [0.15, 0.2) is 0 Å². The largest absolute Gasteiger partial charge is 0.509 e. The molecule has 6 atom stereocenters. The molecule has 0 spiro atoms. The third-order valence-electron chi connectivity index (χ3n) is 5.85. The van der Waals surface area contributed by atoms with Gasteiger partial charge in [-0.2, -0.15) is 0 Å². The van der Waals surface area contributed by atoms with E-state index >= 15 is 0 Å². The zero-order valence-corrected chi connectivity index (χ0v) is 17.6. The van der Waals surface area contributed by atoms with Gasteiger partial charge in [0.1, 0.15) is 17.3 Å². The van der Waals surface area contributed by atoms with Crippen molar-refractivity contribution in [2.75, 3.05) is 0 Å². The van der Waals surface area contributed by atoms with Gasteiger partial charge in [0, 0.05) is 5.92 Å². The van der Waals surface area contributed by atoms with E-state index in [1.54, 1.807) is 20.8 Å². The average molecular weight is 369 g/mol. The molecule has 0 aliphatic heterocycles. The molecule has 150 valence electrons. The first-order valence-corrected chi connectivity index (χ1v) is 9.88. The first-order valence-electron chi connectivity index (χ1n) is 9.88. The molecule has 0 aromatic rings. The molecule has 5 heteroatoms. The van der Waals surface area contributed by atoms with Gasteiger partial charge in [-0.1, -0.05) is 13.8 Å². The predicted octanol–water partition coefficient (Wildman–Crippen LogP) is 4.97. The summed E-state index contributed by atoms with van der Waals surface area (Å²) in [5.41, 5.74) is -1.17. The number of fused-ring (bicyclic) bond motifs is 2. The van der Waals surface area contributed by atoms with Gasteiger partial charge < -0.3 is 14.2 Å². The summed E-state index contributed by atoms with van der Waals surface area (Å²) in [6.07, 6.45) is 1.08. The lowest BCUT2D eigenvalue weighted by Crippen LogP contribution is -2.39. The first kappa shape index (κ1) is 21.0. The number of hydrogen-bond acceptors (Lipinski definition) is 5. The molecule has 2 fully saturated rings. The van der Waals surface area contributed by atoms with E-state index in [1.165, 1.54) is 0 Å². The SMILES string of the molecule is CC1C2CC(C(CC(=O)OC(C)(C)C)OC(=O)OC(C)(C)C)C(C2)C1C. The van der Waals surface area contributed by atoms with Gasteiger partial charge in [-0.25, -0.2) is 4.79 Å². The van der Waals surface area contributed by atoms with Gasteiger partial charge in [0.15, 0.2) is 0 Å². The quantitative estimate of drug-likeness (QED) is 0.656. The Hall–Kier alpha value is -1.26. The van der Waals surface area contributed by atoms with E-state index < -0.39 is 23.5 Å². The van der Waals surface area contributed by atoms with Gasteiger partial charge >= 0.3 is 12.1 Å². The second kappa shape index (κ2) is 7.40. The minimum atomic E-state index is -0.700. The molecule has 2 saturated carbocycles. The second-order valence-electron chi connectivity index (χ2n) is 10.2. The van der Waals surface area contributed by atoms with Crippen LogP contribution >= 0.6 is 0 Å². The van der Waals surface area contributed by atoms with E-state index in [9.17, 15) is 9.59 Å². The molecule has 0 saturated heterocycles. The summed E-state index contributed by atoms with van der Waals surface area (Å²) in [6.45, 7) is 15.5. The van der Waals surface area contributed by atoms with Crippen molar-refractivity contribution in [3.63, 3.8) is 0 Å². The lowest BCUT2D eigenvalue weighted by Gasteiger charge is -2.36. The maximum Gasteiger partial charge on any atom is 0.509 e. The van der Waals surface area contributed by atoms with Crippen molar-refractivity contribution in [1.29, 1.82) is 0 Å². The maximum atomic E-state index is 12.4. The lowest BCUT2D eigenvalue weighted by atomic mass is 9.73. The van der Waals surface area contributed by atoms with Crippen LogP contribution < -0.4 is 0 Å². The smallest absolute Gasteiger partial charge is 0.460 e. The van der Waals surface area contributed by atoms with E-state index in [2.05, 4.69) is 13.8 Å². The molecular formula is C21H36O5. The number of ether oxygens (including phenoxy) is 3. The summed E-state index contributed by atoms with van der Waals surface area (Å²) in [7, 11) is 0. The topological polar surface area (TPSA) is 61.8 Å². The molecule has 0 heterocycles. The number of rotatable bonds is 4. The molecule has 6 unspecified atom stereocenters. The van der Waals surface area contributed by atoms with Crippen LogP contribution in [0.4, 0.5) is 4.79 Å². The number of carbonyl (C=O) groups excluding carboxylic acids is 2. The van der Waals surface area contributed by atoms with Crippen LogP contribution in [0.1, 0.15) is 74.7 Å². The van der Waals surface area contributed by atoms with Crippen molar-refractivity contribution in [1.82, 2.24) is 0 Å². The summed E-state index contributed by atoms with van der Waals surface area (Å²) in [5, 5.41) is 0. The van der Waals surface area contributed by atoms with Crippen molar-refractivity contribution in [2.24, 2.45) is 29.6 Å². The van der Waals surface area contributed by atoms with Crippen LogP contribution in [0.5, 0.6) is 0 Å². The van der Waals surface area contributed by atoms with Crippen molar-refractivity contribution < 1.29 is 23.8 Å². The van der Waals surface area contributed by atoms with Crippen LogP contribution in [0.2, 0.25) is 0 Å². The standard InChI is InChI=1S/C21H36O5/c1-12-13(2)15-9-14(12)10-16(15)17(11-18(22)25-20(3,4)5)24-19(23)26-21(6,7)8/h12-17H,9-11H2,1-8H3. The second-order valence-corrected chi connectivity index (χ2v) is 10.2. The highest BCUT2D eigenvalue weighted by Gasteiger charge is 2.52. The summed E-state index contributed by atoms with van der Waals surface area (Å²) >= 11 is 0. The number of carbonyl (C=O) groups is 2. The highest BCUT2D eigenvalue weighted by atomic mass is 16.7. The molecule has 2 aliphatic rings. The van der Waals surface area contributed by atoms with E-state index in [0.29, 0.717) is 23.7 Å². The van der Waals surface area contributed by atoms with Crippen LogP contribution in [0.25, 0.3) is 0 Å². The molecule has 0 N–H and O–H groups in total. The summed E-state index contributed by atoms with van der Waals surface area (Å²) in [6, 6.07) is 0. The molecular weight excluding hydrogens is 332 g/mol. The zero-order valence-electron chi connectivity index (χ0n) is 17.6. The van der Waals surface area contributed by atoms with Gasteiger partial charge in [-0.3, -0.25) is 4.79 Å². The first-order chi connectivity index (χ1) is 11.8. The van der Waals surface area contributed by atoms with Crippen LogP contribution in [-0.4, -0.2) is 29.4 Å². The van der Waals surface area contributed by atoms with Gasteiger partial charge in [0.25, 0.3) is 0 Å². The highest BCUT2D eigenvalue weighted by Crippen LogP contribution is 2.56. The molecule has 0 radical (unpaired) electrons. The monoisotopic (exact) mass is 368 g/mol. The van der Waals surface area contributed by atoms with Crippen LogP contribution in [-0.2, 0) is 19.0 Å². The van der Waals surface area contributed by atoms with E-state index in [1.807, 2.05) is 20.8 Å². The zero-order chi connectivity index (χ0) is 19.9. The van der Waals surface area contributed by atoms with E-state index in [-0.39, 0.29) is 18.3 Å². The Balaban J connectivity index is 2.09. The molecule has 2 bridgehead atoms. The maximum absolute atomic E-state index is 12.4. The number of esters is 1. The Kier molecular flexibility index (Phi) is 5.99.